The highest BCUT2D eigenvalue weighted by Gasteiger charge is 2.38. The first-order chi connectivity index (χ1) is 10.9. The predicted molar refractivity (Wildman–Crippen MR) is 95.1 cm³/mol. The quantitative estimate of drug-likeness (QED) is 0.616. The number of allylic oxidation sites excluding steroid dienone is 3. The fourth-order valence-corrected chi connectivity index (χ4v) is 3.54. The van der Waals surface area contributed by atoms with Crippen molar-refractivity contribution in [3.05, 3.63) is 53.4 Å². The van der Waals surface area contributed by atoms with Crippen molar-refractivity contribution < 1.29 is 9.53 Å². The summed E-state index contributed by atoms with van der Waals surface area (Å²) < 4.78 is 5.42. The van der Waals surface area contributed by atoms with Crippen LogP contribution >= 0.6 is 12.2 Å². The molecule has 2 aliphatic rings. The van der Waals surface area contributed by atoms with Crippen molar-refractivity contribution in [3.63, 3.8) is 0 Å². The van der Waals surface area contributed by atoms with Crippen molar-refractivity contribution in [2.45, 2.75) is 26.2 Å². The Kier molecular flexibility index (Phi) is 3.76. The van der Waals surface area contributed by atoms with Crippen LogP contribution < -0.4 is 4.90 Å². The monoisotopic (exact) mass is 328 g/mol. The molecule has 0 aliphatic carbocycles. The molecule has 0 radical (unpaired) electrons. The molecule has 1 aromatic rings. The van der Waals surface area contributed by atoms with Gasteiger partial charge in [0.15, 0.2) is 5.76 Å². The van der Waals surface area contributed by atoms with Gasteiger partial charge in [0.05, 0.1) is 0 Å². The Morgan fingerprint density at radius 3 is 2.57 bits per heavy atom. The predicted octanol–water partition coefficient (Wildman–Crippen LogP) is 3.35. The zero-order valence-electron chi connectivity index (χ0n) is 13.8. The number of likely N-dealkylation sites (N-methyl/N-ethyl adjacent to an activating group) is 2. The van der Waals surface area contributed by atoms with Crippen LogP contribution in [0.4, 0.5) is 5.69 Å². The van der Waals surface area contributed by atoms with E-state index < -0.39 is 0 Å². The van der Waals surface area contributed by atoms with Crippen LogP contribution in [0.3, 0.4) is 0 Å². The van der Waals surface area contributed by atoms with Crippen molar-refractivity contribution in [1.29, 1.82) is 0 Å². The summed E-state index contributed by atoms with van der Waals surface area (Å²) in [5, 5.41) is 0.226. The number of hydrogen-bond donors (Lipinski definition) is 0. The van der Waals surface area contributed by atoms with Gasteiger partial charge in [-0.2, -0.15) is 0 Å². The van der Waals surface area contributed by atoms with Gasteiger partial charge in [-0.15, -0.1) is 0 Å². The molecule has 5 heteroatoms. The molecule has 0 atom stereocenters. The molecule has 120 valence electrons. The molecule has 0 bridgehead atoms. The summed E-state index contributed by atoms with van der Waals surface area (Å²) in [6.07, 6.45) is 3.68. The van der Waals surface area contributed by atoms with Gasteiger partial charge in [-0.3, -0.25) is 9.69 Å². The molecular weight excluding hydrogens is 308 g/mol. The van der Waals surface area contributed by atoms with Gasteiger partial charge in [0.2, 0.25) is 0 Å². The van der Waals surface area contributed by atoms with E-state index in [0.29, 0.717) is 6.54 Å². The van der Waals surface area contributed by atoms with E-state index in [-0.39, 0.29) is 22.3 Å². The van der Waals surface area contributed by atoms with Crippen LogP contribution in [-0.4, -0.2) is 29.6 Å². The maximum atomic E-state index is 12.2. The first-order valence-corrected chi connectivity index (χ1v) is 8.08. The van der Waals surface area contributed by atoms with E-state index in [1.165, 1.54) is 16.2 Å². The average molecular weight is 328 g/mol. The number of nitrogens with zero attached hydrogens (tertiary/aromatic N) is 2. The van der Waals surface area contributed by atoms with Crippen LogP contribution in [0.15, 0.2) is 47.9 Å². The van der Waals surface area contributed by atoms with E-state index in [9.17, 15) is 4.79 Å². The lowest BCUT2D eigenvalue weighted by Crippen LogP contribution is -2.27. The third-order valence-electron chi connectivity index (χ3n) is 4.52. The molecule has 0 N–H and O–H groups in total. The van der Waals surface area contributed by atoms with Crippen LogP contribution in [0.5, 0.6) is 0 Å². The zero-order valence-corrected chi connectivity index (χ0v) is 14.6. The van der Waals surface area contributed by atoms with Crippen LogP contribution in [-0.2, 0) is 14.9 Å². The minimum atomic E-state index is -0.176. The molecule has 0 aromatic heterocycles. The van der Waals surface area contributed by atoms with Gasteiger partial charge in [0, 0.05) is 30.4 Å². The molecule has 0 spiro atoms. The van der Waals surface area contributed by atoms with Gasteiger partial charge in [0.25, 0.3) is 11.1 Å². The maximum Gasteiger partial charge on any atom is 0.297 e. The summed E-state index contributed by atoms with van der Waals surface area (Å²) in [7, 11) is 2.04. The second-order valence-corrected chi connectivity index (χ2v) is 6.55. The Balaban J connectivity index is 1.97. The van der Waals surface area contributed by atoms with Gasteiger partial charge >= 0.3 is 0 Å². The maximum absolute atomic E-state index is 12.2. The van der Waals surface area contributed by atoms with Gasteiger partial charge in [-0.05, 0) is 42.9 Å². The van der Waals surface area contributed by atoms with Crippen molar-refractivity contribution >= 4 is 29.0 Å². The average Bonchev–Trinajstić information content (AvgIpc) is 2.90. The van der Waals surface area contributed by atoms with E-state index in [0.717, 1.165) is 5.70 Å². The smallest absolute Gasteiger partial charge is 0.297 e. The second kappa shape index (κ2) is 5.49. The standard InChI is InChI=1S/C18H20N2O2S/c1-5-20-16(21)14(22-17(20)23)10-11-15-18(2,3)12-8-6-7-9-13(12)19(15)4/h6-11H,5H2,1-4H3/b14-10-,15-11-. The number of amides is 1. The number of ether oxygens (including phenoxy) is 1. The first-order valence-electron chi connectivity index (χ1n) is 7.67. The summed E-state index contributed by atoms with van der Waals surface area (Å²) >= 11 is 5.08. The van der Waals surface area contributed by atoms with E-state index in [2.05, 4.69) is 36.9 Å². The molecule has 1 amide bonds. The number of fused-ring (bicyclic) bond motifs is 1. The second-order valence-electron chi connectivity index (χ2n) is 6.20. The van der Waals surface area contributed by atoms with Crippen molar-refractivity contribution in [3.8, 4) is 0 Å². The minimum Gasteiger partial charge on any atom is -0.426 e. The Hall–Kier alpha value is -2.14. The fourth-order valence-electron chi connectivity index (χ4n) is 3.24. The third-order valence-corrected chi connectivity index (χ3v) is 4.83. The summed E-state index contributed by atoms with van der Waals surface area (Å²) in [4.78, 5) is 15.8. The highest BCUT2D eigenvalue weighted by molar-refractivity contribution is 7.80. The lowest BCUT2D eigenvalue weighted by molar-refractivity contribution is -0.122. The van der Waals surface area contributed by atoms with E-state index in [1.807, 2.05) is 26.1 Å². The molecule has 1 saturated heterocycles. The largest absolute Gasteiger partial charge is 0.426 e. The Morgan fingerprint density at radius 1 is 1.26 bits per heavy atom. The van der Waals surface area contributed by atoms with Gasteiger partial charge in [-0.25, -0.2) is 0 Å². The topological polar surface area (TPSA) is 32.8 Å². The summed E-state index contributed by atoms with van der Waals surface area (Å²) in [5.41, 5.74) is 3.45. The lowest BCUT2D eigenvalue weighted by atomic mass is 9.84. The Morgan fingerprint density at radius 2 is 1.96 bits per heavy atom. The third kappa shape index (κ3) is 2.36. The number of para-hydroxylation sites is 1. The van der Waals surface area contributed by atoms with Crippen LogP contribution in [0.1, 0.15) is 26.3 Å². The molecule has 0 unspecified atom stereocenters. The van der Waals surface area contributed by atoms with E-state index in [4.69, 9.17) is 17.0 Å². The van der Waals surface area contributed by atoms with Crippen molar-refractivity contribution in [2.75, 3.05) is 18.5 Å². The Labute approximate surface area is 142 Å². The molecular formula is C18H20N2O2S. The Bertz CT molecular complexity index is 749. The molecule has 4 nitrogen and oxygen atoms in total. The summed E-state index contributed by atoms with van der Waals surface area (Å²) in [6, 6.07) is 8.34. The molecule has 0 saturated carbocycles. The van der Waals surface area contributed by atoms with Crippen LogP contribution in [0.25, 0.3) is 0 Å². The van der Waals surface area contributed by atoms with E-state index >= 15 is 0 Å². The number of anilines is 1. The summed E-state index contributed by atoms with van der Waals surface area (Å²) in [5.74, 6) is 0.106. The first kappa shape index (κ1) is 15.7. The van der Waals surface area contributed by atoms with Crippen molar-refractivity contribution in [1.82, 2.24) is 4.90 Å². The van der Waals surface area contributed by atoms with Crippen molar-refractivity contribution in [2.24, 2.45) is 0 Å². The minimum absolute atomic E-state index is 0.130. The summed E-state index contributed by atoms with van der Waals surface area (Å²) in [6.45, 7) is 6.75. The SMILES string of the molecule is CCN1C(=O)/C(=C/C=C2\N(C)c3ccccc3C2(C)C)OC1=S. The lowest BCUT2D eigenvalue weighted by Gasteiger charge is -2.23. The van der Waals surface area contributed by atoms with Gasteiger partial charge < -0.3 is 9.64 Å². The van der Waals surface area contributed by atoms with Gasteiger partial charge in [-0.1, -0.05) is 32.0 Å². The number of benzene rings is 1. The normalized spacial score (nSPS) is 23.0. The number of hydrogen-bond acceptors (Lipinski definition) is 4. The van der Waals surface area contributed by atoms with Crippen LogP contribution in [0, 0.1) is 0 Å². The molecule has 3 rings (SSSR count). The number of rotatable bonds is 2. The fraction of sp³-hybridized carbons (Fsp3) is 0.333. The molecule has 1 aromatic carbocycles. The number of carbonyl (C=O) groups excluding carboxylic acids is 1. The van der Waals surface area contributed by atoms with Gasteiger partial charge in [0.1, 0.15) is 0 Å². The zero-order chi connectivity index (χ0) is 16.8. The highest BCUT2D eigenvalue weighted by Crippen LogP contribution is 2.46. The van der Waals surface area contributed by atoms with E-state index in [1.54, 1.807) is 6.08 Å². The molecule has 2 aliphatic heterocycles. The highest BCUT2D eigenvalue weighted by atomic mass is 32.1. The van der Waals surface area contributed by atoms with Crippen LogP contribution in [0.2, 0.25) is 0 Å². The molecule has 1 fully saturated rings. The number of thiocarbonyl (C=S) groups is 1. The molecule has 2 heterocycles. The molecule has 23 heavy (non-hydrogen) atoms. The number of carbonyl (C=O) groups is 1.